The Bertz CT molecular complexity index is 5000. The second-order valence-corrected chi connectivity index (χ2v) is 24.3. The molecule has 2 nitrogen and oxygen atoms in total. The number of benzene rings is 13. The molecule has 0 unspecified atom stereocenters. The Labute approximate surface area is 498 Å². The zero-order chi connectivity index (χ0) is 56.1. The third-order valence-corrected chi connectivity index (χ3v) is 20.8. The predicted molar refractivity (Wildman–Crippen MR) is 346 cm³/mol. The summed E-state index contributed by atoms with van der Waals surface area (Å²) in [4.78, 5) is 14.0. The van der Waals surface area contributed by atoms with Crippen LogP contribution in [0.3, 0.4) is 0 Å². The molecule has 13 aromatic carbocycles. The molecule has 0 amide bonds. The van der Waals surface area contributed by atoms with Crippen LogP contribution >= 0.6 is 0 Å². The summed E-state index contributed by atoms with van der Waals surface area (Å²) in [5.41, 5.74) is 33.1. The molecule has 13 aromatic rings. The summed E-state index contributed by atoms with van der Waals surface area (Å²) >= 11 is 0. The van der Waals surface area contributed by atoms with E-state index in [1.807, 2.05) is 0 Å². The van der Waals surface area contributed by atoms with Gasteiger partial charge < -0.3 is 0 Å². The van der Waals surface area contributed by atoms with E-state index in [1.165, 1.54) is 150 Å². The number of hydrogen-bond acceptors (Lipinski definition) is 2. The van der Waals surface area contributed by atoms with Crippen molar-refractivity contribution in [3.63, 3.8) is 0 Å². The fourth-order valence-electron chi connectivity index (χ4n) is 17.9. The van der Waals surface area contributed by atoms with Gasteiger partial charge in [0, 0.05) is 27.8 Å². The van der Waals surface area contributed by atoms with Crippen molar-refractivity contribution < 1.29 is 9.78 Å². The molecule has 0 saturated carbocycles. The van der Waals surface area contributed by atoms with Gasteiger partial charge in [0.15, 0.2) is 11.2 Å². The summed E-state index contributed by atoms with van der Waals surface area (Å²) in [5.74, 6) is 0. The molecule has 0 N–H and O–H groups in total. The van der Waals surface area contributed by atoms with E-state index in [4.69, 9.17) is 9.78 Å². The van der Waals surface area contributed by atoms with Crippen molar-refractivity contribution >= 4 is 22.9 Å². The van der Waals surface area contributed by atoms with Gasteiger partial charge in [-0.3, -0.25) is 0 Å². The van der Waals surface area contributed by atoms with Gasteiger partial charge in [0.2, 0.25) is 0 Å². The Kier molecular flexibility index (Phi) is 9.09. The van der Waals surface area contributed by atoms with Gasteiger partial charge in [-0.2, -0.15) is 0 Å². The molecule has 3 spiro atoms. The monoisotopic (exact) mass is 1090 g/mol. The third kappa shape index (κ3) is 5.36. The Morgan fingerprint density at radius 2 is 0.616 bits per heavy atom. The summed E-state index contributed by atoms with van der Waals surface area (Å²) in [6.45, 7) is 0. The number of allylic oxidation sites excluding steroid dienone is 2. The molecule has 2 heteroatoms. The standard InChI is InChI=1S/C42H24O2.C42H26/c1-3-13-25(14-4-1)35-32-22-11-20-29-27-17-7-8-19-30(27)37(36(29)32)40-39(35)42-33-23-10-9-18-28(33)31-21-12-24-34(38(31)42)41(40,43-44-42)26-15-5-2-6-16-26;1-7-19-33-27(13-1)25-39-40(41(33)35-21-9-3-15-29(35)30-16-4-10-22-36(30)41)26-28-14-2-8-20-34(28)42(39)37-23-11-5-17-31(37)32-18-6-12-24-38(32)42/h1-24H;1-26H/t41-,42+;/m1./s1. The maximum Gasteiger partial charge on any atom is 0.181 e. The van der Waals surface area contributed by atoms with Gasteiger partial charge >= 0.3 is 0 Å². The summed E-state index contributed by atoms with van der Waals surface area (Å²) < 4.78 is 0. The van der Waals surface area contributed by atoms with Crippen molar-refractivity contribution in [3.8, 4) is 66.8 Å². The molecule has 0 fully saturated rings. The van der Waals surface area contributed by atoms with E-state index in [0.717, 1.165) is 16.7 Å². The molecular weight excluding hydrogens is 1040 g/mol. The van der Waals surface area contributed by atoms with E-state index >= 15 is 0 Å². The molecule has 2 heterocycles. The molecule has 2 aliphatic heterocycles. The first-order chi connectivity index (χ1) is 42.7. The van der Waals surface area contributed by atoms with Crippen molar-refractivity contribution in [2.75, 3.05) is 0 Å². The summed E-state index contributed by atoms with van der Waals surface area (Å²) in [5, 5.41) is 2.54. The van der Waals surface area contributed by atoms with E-state index in [-0.39, 0.29) is 0 Å². The zero-order valence-electron chi connectivity index (χ0n) is 46.7. The van der Waals surface area contributed by atoms with Gasteiger partial charge in [-0.25, -0.2) is 9.78 Å². The van der Waals surface area contributed by atoms with Crippen molar-refractivity contribution in [2.24, 2.45) is 0 Å². The number of fused-ring (bicyclic) bond motifs is 23. The smallest absolute Gasteiger partial charge is 0.181 e. The van der Waals surface area contributed by atoms with Crippen LogP contribution in [0.15, 0.2) is 302 Å². The molecule has 2 atom stereocenters. The van der Waals surface area contributed by atoms with Gasteiger partial charge in [-0.05, 0) is 151 Å². The normalized spacial score (nSPS) is 18.8. The Morgan fingerprint density at radius 1 is 0.233 bits per heavy atom. The minimum Gasteiger partial charge on any atom is -0.214 e. The molecule has 86 heavy (non-hydrogen) atoms. The molecule has 398 valence electrons. The lowest BCUT2D eigenvalue weighted by molar-refractivity contribution is -0.408. The molecule has 0 aromatic heterocycles. The average molecular weight is 1090 g/mol. The largest absolute Gasteiger partial charge is 0.214 e. The van der Waals surface area contributed by atoms with Crippen LogP contribution in [0.2, 0.25) is 0 Å². The lowest BCUT2D eigenvalue weighted by Crippen LogP contribution is -2.53. The van der Waals surface area contributed by atoms with Crippen LogP contribution in [0.25, 0.3) is 89.7 Å². The Hall–Kier alpha value is -10.5. The summed E-state index contributed by atoms with van der Waals surface area (Å²) in [6, 6.07) is 107. The predicted octanol–water partition coefficient (Wildman–Crippen LogP) is 19.8. The van der Waals surface area contributed by atoms with E-state index in [2.05, 4.69) is 303 Å². The van der Waals surface area contributed by atoms with Crippen molar-refractivity contribution in [2.45, 2.75) is 22.0 Å². The maximum absolute atomic E-state index is 7.02. The van der Waals surface area contributed by atoms with E-state index in [9.17, 15) is 0 Å². The molecule has 0 saturated heterocycles. The van der Waals surface area contributed by atoms with E-state index < -0.39 is 22.0 Å². The maximum atomic E-state index is 7.02. The van der Waals surface area contributed by atoms with Crippen LogP contribution in [-0.2, 0) is 31.8 Å². The van der Waals surface area contributed by atoms with Gasteiger partial charge in [0.25, 0.3) is 0 Å². The first-order valence-corrected chi connectivity index (χ1v) is 30.2. The SMILES string of the molecule is C1=C2C(=Cc3ccccc3C23c2ccccc2-c2ccccc23)C2(c3ccccc31)c1ccccc1-c1ccccc12.c1ccc(-c2c3c(c4c5c(cccc25)-c2ccccc2-4)[C@]2(c4ccccc4)OO[C@]34c3ccccc3-c3cccc2c34)cc1. The van der Waals surface area contributed by atoms with E-state index in [0.29, 0.717) is 0 Å². The first kappa shape index (κ1) is 46.9. The molecule has 22 rings (SSSR count). The third-order valence-electron chi connectivity index (χ3n) is 20.8. The minimum absolute atomic E-state index is 0.416. The molecule has 2 bridgehead atoms. The zero-order valence-corrected chi connectivity index (χ0v) is 46.7. The Balaban J connectivity index is 0.000000122. The van der Waals surface area contributed by atoms with E-state index in [1.54, 1.807) is 0 Å². The van der Waals surface area contributed by atoms with Crippen LogP contribution in [-0.4, -0.2) is 0 Å². The van der Waals surface area contributed by atoms with Crippen LogP contribution in [0.4, 0.5) is 0 Å². The minimum atomic E-state index is -0.969. The fraction of sp³-hybridized carbons (Fsp3) is 0.0476. The number of rotatable bonds is 2. The van der Waals surface area contributed by atoms with Crippen LogP contribution in [0.1, 0.15) is 77.9 Å². The lowest BCUT2D eigenvalue weighted by Gasteiger charge is -2.54. The van der Waals surface area contributed by atoms with Crippen molar-refractivity contribution in [3.05, 3.63) is 380 Å². The topological polar surface area (TPSA) is 18.5 Å². The van der Waals surface area contributed by atoms with Crippen molar-refractivity contribution in [1.82, 2.24) is 0 Å². The second kappa shape index (κ2) is 16.7. The highest BCUT2D eigenvalue weighted by Crippen LogP contribution is 2.73. The average Bonchev–Trinajstić information content (AvgIpc) is 1.34. The van der Waals surface area contributed by atoms with Crippen LogP contribution in [0, 0.1) is 0 Å². The highest BCUT2D eigenvalue weighted by atomic mass is 17.2. The lowest BCUT2D eigenvalue weighted by atomic mass is 9.52. The highest BCUT2D eigenvalue weighted by molar-refractivity contribution is 6.22. The van der Waals surface area contributed by atoms with Crippen molar-refractivity contribution in [1.29, 1.82) is 0 Å². The molecule has 7 aliphatic carbocycles. The second-order valence-electron chi connectivity index (χ2n) is 24.3. The van der Waals surface area contributed by atoms with Crippen LogP contribution in [0.5, 0.6) is 0 Å². The Morgan fingerprint density at radius 3 is 1.17 bits per heavy atom. The fourth-order valence-corrected chi connectivity index (χ4v) is 17.9. The van der Waals surface area contributed by atoms with Gasteiger partial charge in [0.1, 0.15) is 0 Å². The van der Waals surface area contributed by atoms with Gasteiger partial charge in [-0.1, -0.05) is 291 Å². The van der Waals surface area contributed by atoms with Crippen LogP contribution < -0.4 is 0 Å². The molecule has 0 radical (unpaired) electrons. The highest BCUT2D eigenvalue weighted by Gasteiger charge is 2.67. The molecule has 9 aliphatic rings. The first-order valence-electron chi connectivity index (χ1n) is 30.2. The van der Waals surface area contributed by atoms with Gasteiger partial charge in [-0.15, -0.1) is 0 Å². The molecular formula is C84H50O2. The summed E-state index contributed by atoms with van der Waals surface area (Å²) in [7, 11) is 0. The number of hydrogen-bond donors (Lipinski definition) is 0. The quantitative estimate of drug-likeness (QED) is 0.161. The summed E-state index contributed by atoms with van der Waals surface area (Å²) in [6.07, 6.45) is 5.04. The van der Waals surface area contributed by atoms with Gasteiger partial charge in [0.05, 0.1) is 10.8 Å².